The molecule has 0 saturated carbocycles. The monoisotopic (exact) mass is 226 g/mol. The van der Waals surface area contributed by atoms with Crippen LogP contribution in [0.3, 0.4) is 0 Å². The third-order valence-corrected chi connectivity index (χ3v) is 3.27. The molecule has 0 atom stereocenters. The molecule has 69 valence electrons. The van der Waals surface area contributed by atoms with E-state index >= 15 is 0 Å². The van der Waals surface area contributed by atoms with E-state index in [1.165, 1.54) is 0 Å². The Morgan fingerprint density at radius 2 is 1.46 bits per heavy atom. The quantitative estimate of drug-likeness (QED) is 0.286. The summed E-state index contributed by atoms with van der Waals surface area (Å²) in [6.45, 7) is 0. The van der Waals surface area contributed by atoms with Crippen molar-refractivity contribution in [3.05, 3.63) is 23.3 Å². The molecule has 7 heteroatoms. The van der Waals surface area contributed by atoms with Gasteiger partial charge in [-0.25, -0.2) is 17.6 Å². The minimum absolute atomic E-state index is 0.290. The number of hydrogen-bond donors (Lipinski definition) is 0. The van der Waals surface area contributed by atoms with E-state index < -0.39 is 29.0 Å². The Bertz CT molecular complexity index is 418. The maximum absolute atomic E-state index is 12.9. The van der Waals surface area contributed by atoms with E-state index in [-0.39, 0.29) is 4.90 Å². The molecule has 0 unspecified atom stereocenters. The molecule has 0 saturated heterocycles. The van der Waals surface area contributed by atoms with Crippen LogP contribution in [-0.4, -0.2) is 0 Å². The maximum atomic E-state index is 12.9. The van der Waals surface area contributed by atoms with Crippen LogP contribution < -0.4 is 0 Å². The fourth-order valence-corrected chi connectivity index (χ4v) is 2.66. The van der Waals surface area contributed by atoms with Crippen molar-refractivity contribution < 1.29 is 17.6 Å². The molecule has 0 N–H and O–H groups in total. The lowest BCUT2D eigenvalue weighted by molar-refractivity contribution is 0.401. The Kier molecular flexibility index (Phi) is 1.99. The van der Waals surface area contributed by atoms with Gasteiger partial charge in [0.25, 0.3) is 0 Å². The lowest BCUT2D eigenvalue weighted by Crippen LogP contribution is -1.97. The number of halogens is 4. The van der Waals surface area contributed by atoms with Crippen molar-refractivity contribution in [1.29, 1.82) is 0 Å². The number of nitrogens with zero attached hydrogens (tertiary/aromatic N) is 1. The van der Waals surface area contributed by atoms with Gasteiger partial charge in [0, 0.05) is 10.6 Å². The first-order valence-corrected chi connectivity index (χ1v) is 5.14. The molecule has 1 aromatic carbocycles. The first kappa shape index (κ1) is 8.89. The van der Waals surface area contributed by atoms with E-state index in [0.717, 1.165) is 21.4 Å². The lowest BCUT2D eigenvalue weighted by Gasteiger charge is -2.01. The van der Waals surface area contributed by atoms with Crippen LogP contribution >= 0.6 is 10.8 Å². The van der Waals surface area contributed by atoms with Crippen molar-refractivity contribution in [3.63, 3.8) is 0 Å². The number of benzene rings is 1. The summed E-state index contributed by atoms with van der Waals surface area (Å²) < 4.78 is 54.3. The first-order chi connectivity index (χ1) is 6.13. The molecule has 1 nitrogen and oxygen atoms in total. The minimum Gasteiger partial charge on any atom is -0.202 e. The van der Waals surface area contributed by atoms with E-state index in [1.807, 2.05) is 0 Å². The summed E-state index contributed by atoms with van der Waals surface area (Å²) in [4.78, 5) is -0.290. The van der Waals surface area contributed by atoms with Crippen LogP contribution in [0.5, 0.6) is 0 Å². The van der Waals surface area contributed by atoms with Gasteiger partial charge in [-0.05, 0) is 10.8 Å². The van der Waals surface area contributed by atoms with Gasteiger partial charge in [0.15, 0.2) is 23.3 Å². The van der Waals surface area contributed by atoms with Gasteiger partial charge in [0.2, 0.25) is 0 Å². The average molecular weight is 226 g/mol. The van der Waals surface area contributed by atoms with Gasteiger partial charge in [-0.3, -0.25) is 0 Å². The molecule has 0 fully saturated rings. The second kappa shape index (κ2) is 2.91. The molecule has 0 bridgehead atoms. The second-order valence-electron chi connectivity index (χ2n) is 2.18. The van der Waals surface area contributed by atoms with Crippen LogP contribution in [0.4, 0.5) is 23.2 Å². The first-order valence-electron chi connectivity index (χ1n) is 3.03. The fraction of sp³-hybridized carbons (Fsp3) is 0. The summed E-state index contributed by atoms with van der Waals surface area (Å²) in [6.07, 6.45) is 0. The standard InChI is InChI=1S/C6F4NS2/c7-1-2(8)4(10)6-5(3(1)9)11-13-12-6. The smallest absolute Gasteiger partial charge is 0.199 e. The Morgan fingerprint density at radius 3 is 2.15 bits per heavy atom. The molecule has 0 amide bonds. The van der Waals surface area contributed by atoms with Crippen LogP contribution in [0.1, 0.15) is 0 Å². The van der Waals surface area contributed by atoms with Crippen LogP contribution in [0.25, 0.3) is 0 Å². The Balaban J connectivity index is 2.82. The van der Waals surface area contributed by atoms with Gasteiger partial charge in [-0.1, -0.05) is 0 Å². The highest BCUT2D eigenvalue weighted by atomic mass is 33.1. The third-order valence-electron chi connectivity index (χ3n) is 1.45. The third kappa shape index (κ3) is 1.14. The predicted molar refractivity (Wildman–Crippen MR) is 41.6 cm³/mol. The predicted octanol–water partition coefficient (Wildman–Crippen LogP) is 3.16. The van der Waals surface area contributed by atoms with Crippen molar-refractivity contribution in [2.45, 2.75) is 4.90 Å². The molecule has 1 radical (unpaired) electrons. The second-order valence-corrected chi connectivity index (χ2v) is 4.04. The summed E-state index contributed by atoms with van der Waals surface area (Å²) in [5.41, 5.74) is -0.452. The molecule has 1 heterocycles. The van der Waals surface area contributed by atoms with Crippen LogP contribution in [0.2, 0.25) is 0 Å². The van der Waals surface area contributed by atoms with Gasteiger partial charge in [0.05, 0.1) is 4.90 Å². The zero-order valence-corrected chi connectivity index (χ0v) is 7.41. The van der Waals surface area contributed by atoms with Gasteiger partial charge < -0.3 is 0 Å². The molecule has 0 spiro atoms. The van der Waals surface area contributed by atoms with Crippen molar-refractivity contribution in [2.24, 2.45) is 4.36 Å². The Hall–Kier alpha value is -0.690. The average Bonchev–Trinajstić information content (AvgIpc) is 2.59. The highest BCUT2D eigenvalue weighted by molar-refractivity contribution is 8.63. The number of fused-ring (bicyclic) bond motifs is 1. The summed E-state index contributed by atoms with van der Waals surface area (Å²) in [5.74, 6) is -6.43. The minimum atomic E-state index is -1.82. The molecule has 1 aromatic rings. The molecule has 1 aliphatic heterocycles. The van der Waals surface area contributed by atoms with Gasteiger partial charge in [-0.15, -0.1) is 0 Å². The topological polar surface area (TPSA) is 12.4 Å². The van der Waals surface area contributed by atoms with E-state index in [4.69, 9.17) is 0 Å². The van der Waals surface area contributed by atoms with Crippen LogP contribution in [0.15, 0.2) is 9.26 Å². The number of hydrogen-bond acceptors (Lipinski definition) is 2. The van der Waals surface area contributed by atoms with Gasteiger partial charge >= 0.3 is 0 Å². The van der Waals surface area contributed by atoms with Gasteiger partial charge in [0.1, 0.15) is 5.69 Å². The highest BCUT2D eigenvalue weighted by Gasteiger charge is 2.27. The summed E-state index contributed by atoms with van der Waals surface area (Å²) in [7, 11) is 1.54. The summed E-state index contributed by atoms with van der Waals surface area (Å²) in [6, 6.07) is 0. The van der Waals surface area contributed by atoms with E-state index in [0.29, 0.717) is 0 Å². The van der Waals surface area contributed by atoms with E-state index in [9.17, 15) is 17.6 Å². The molecule has 1 aliphatic rings. The molecule has 13 heavy (non-hydrogen) atoms. The van der Waals surface area contributed by atoms with Crippen LogP contribution in [-0.2, 0) is 10.6 Å². The fourth-order valence-electron chi connectivity index (χ4n) is 0.851. The normalized spacial score (nSPS) is 13.5. The lowest BCUT2D eigenvalue weighted by atomic mass is 10.2. The Labute approximate surface area is 77.7 Å². The summed E-state index contributed by atoms with van der Waals surface area (Å²) >= 11 is 0. The van der Waals surface area contributed by atoms with Gasteiger partial charge in [-0.2, -0.15) is 4.36 Å². The summed E-state index contributed by atoms with van der Waals surface area (Å²) in [5, 5.41) is 0. The largest absolute Gasteiger partial charge is 0.202 e. The Morgan fingerprint density at radius 1 is 0.846 bits per heavy atom. The molecule has 0 aliphatic carbocycles. The molecular weight excluding hydrogens is 226 g/mol. The zero-order valence-electron chi connectivity index (χ0n) is 5.78. The van der Waals surface area contributed by atoms with Crippen molar-refractivity contribution >= 4 is 27.1 Å². The molecule has 2 rings (SSSR count). The van der Waals surface area contributed by atoms with E-state index in [2.05, 4.69) is 4.36 Å². The molecular formula is C6F4NS2. The highest BCUT2D eigenvalue weighted by Crippen LogP contribution is 2.42. The number of rotatable bonds is 0. The van der Waals surface area contributed by atoms with Crippen molar-refractivity contribution in [2.75, 3.05) is 0 Å². The maximum Gasteiger partial charge on any atom is 0.199 e. The SMILES string of the molecule is Fc1c(F)c(F)c2c(c1F)N=[S]S2. The van der Waals surface area contributed by atoms with Crippen molar-refractivity contribution in [1.82, 2.24) is 0 Å². The van der Waals surface area contributed by atoms with E-state index in [1.54, 1.807) is 0 Å². The zero-order chi connectivity index (χ0) is 9.59. The van der Waals surface area contributed by atoms with Crippen molar-refractivity contribution in [3.8, 4) is 0 Å². The van der Waals surface area contributed by atoms with Crippen LogP contribution in [0, 0.1) is 23.3 Å². The molecule has 0 aromatic heterocycles.